The molecule has 4 unspecified atom stereocenters. The normalized spacial score (nSPS) is 51.9. The molecule has 4 aliphatic rings. The lowest BCUT2D eigenvalue weighted by atomic mass is 9.46. The molecule has 4 atom stereocenters. The highest BCUT2D eigenvalue weighted by Crippen LogP contribution is 2.60. The molecule has 3 nitrogen and oxygen atoms in total. The lowest BCUT2D eigenvalue weighted by Crippen LogP contribution is -2.61. The molecular formula is C13H24N2O. The van der Waals surface area contributed by atoms with Crippen LogP contribution in [0, 0.1) is 23.2 Å². The highest BCUT2D eigenvalue weighted by Gasteiger charge is 2.55. The van der Waals surface area contributed by atoms with Gasteiger partial charge in [0.05, 0.1) is 6.61 Å². The zero-order valence-electron chi connectivity index (χ0n) is 9.94. The van der Waals surface area contributed by atoms with Crippen LogP contribution < -0.4 is 11.5 Å². The Balaban J connectivity index is 1.82. The summed E-state index contributed by atoms with van der Waals surface area (Å²) >= 11 is 0. The average Bonchev–Trinajstić information content (AvgIpc) is 2.24. The summed E-state index contributed by atoms with van der Waals surface area (Å²) in [4.78, 5) is 0. The third-order valence-electron chi connectivity index (χ3n) is 5.45. The highest BCUT2D eigenvalue weighted by atomic mass is 16.3. The second kappa shape index (κ2) is 3.69. The first-order valence-corrected chi connectivity index (χ1v) is 6.75. The zero-order chi connectivity index (χ0) is 11.3. The fraction of sp³-hybridized carbons (Fsp3) is 1.00. The Kier molecular flexibility index (Phi) is 2.54. The summed E-state index contributed by atoms with van der Waals surface area (Å²) in [6.45, 7) is 0.106. The summed E-state index contributed by atoms with van der Waals surface area (Å²) < 4.78 is 0. The molecule has 0 spiro atoms. The molecule has 4 bridgehead atoms. The van der Waals surface area contributed by atoms with E-state index in [0.29, 0.717) is 6.04 Å². The molecule has 0 aromatic rings. The number of hydrogen-bond donors (Lipinski definition) is 3. The molecular weight excluding hydrogens is 200 g/mol. The van der Waals surface area contributed by atoms with Crippen LogP contribution in [-0.2, 0) is 0 Å². The Hall–Kier alpha value is -0.120. The van der Waals surface area contributed by atoms with Gasteiger partial charge in [-0.05, 0) is 61.7 Å². The maximum Gasteiger partial charge on any atom is 0.0582 e. The van der Waals surface area contributed by atoms with Crippen LogP contribution in [0.3, 0.4) is 0 Å². The van der Waals surface area contributed by atoms with E-state index in [9.17, 15) is 0 Å². The molecule has 4 fully saturated rings. The number of nitrogens with two attached hydrogens (primary N) is 2. The average molecular weight is 224 g/mol. The van der Waals surface area contributed by atoms with Gasteiger partial charge in [0.15, 0.2) is 0 Å². The van der Waals surface area contributed by atoms with Crippen LogP contribution in [0.15, 0.2) is 0 Å². The van der Waals surface area contributed by atoms with Crippen LogP contribution >= 0.6 is 0 Å². The van der Waals surface area contributed by atoms with E-state index in [1.807, 2.05) is 0 Å². The standard InChI is InChI=1S/C13H24N2O/c14-11(7-16)6-13-4-8-1-9(5-13)3-10(2-8)12(13)15/h8-12,16H,1-7,14-15H2. The van der Waals surface area contributed by atoms with Gasteiger partial charge in [-0.3, -0.25) is 0 Å². The molecule has 0 saturated heterocycles. The molecule has 0 aromatic heterocycles. The molecule has 92 valence electrons. The van der Waals surface area contributed by atoms with Gasteiger partial charge in [0.25, 0.3) is 0 Å². The molecule has 16 heavy (non-hydrogen) atoms. The minimum Gasteiger partial charge on any atom is -0.395 e. The van der Waals surface area contributed by atoms with E-state index in [-0.39, 0.29) is 18.1 Å². The van der Waals surface area contributed by atoms with Crippen molar-refractivity contribution in [2.75, 3.05) is 6.61 Å². The van der Waals surface area contributed by atoms with Crippen LogP contribution in [0.4, 0.5) is 0 Å². The Morgan fingerprint density at radius 3 is 2.38 bits per heavy atom. The lowest BCUT2D eigenvalue weighted by Gasteiger charge is -2.61. The summed E-state index contributed by atoms with van der Waals surface area (Å²) in [5.74, 6) is 2.56. The second-order valence-electron chi connectivity index (χ2n) is 6.64. The Morgan fingerprint density at radius 2 is 1.81 bits per heavy atom. The Labute approximate surface area is 97.6 Å². The van der Waals surface area contributed by atoms with E-state index < -0.39 is 0 Å². The smallest absolute Gasteiger partial charge is 0.0582 e. The van der Waals surface area contributed by atoms with Gasteiger partial charge in [0.1, 0.15) is 0 Å². The molecule has 3 heteroatoms. The van der Waals surface area contributed by atoms with Crippen LogP contribution in [-0.4, -0.2) is 23.8 Å². The molecule has 4 saturated carbocycles. The van der Waals surface area contributed by atoms with E-state index in [4.69, 9.17) is 16.6 Å². The van der Waals surface area contributed by atoms with Crippen molar-refractivity contribution in [3.05, 3.63) is 0 Å². The predicted molar refractivity (Wildman–Crippen MR) is 63.6 cm³/mol. The fourth-order valence-corrected chi connectivity index (χ4v) is 5.14. The van der Waals surface area contributed by atoms with Crippen molar-refractivity contribution < 1.29 is 5.11 Å². The van der Waals surface area contributed by atoms with E-state index in [2.05, 4.69) is 0 Å². The van der Waals surface area contributed by atoms with Crippen molar-refractivity contribution in [3.63, 3.8) is 0 Å². The van der Waals surface area contributed by atoms with Crippen molar-refractivity contribution in [2.24, 2.45) is 34.6 Å². The molecule has 0 aliphatic heterocycles. The first-order chi connectivity index (χ1) is 7.63. The van der Waals surface area contributed by atoms with Gasteiger partial charge in [-0.2, -0.15) is 0 Å². The van der Waals surface area contributed by atoms with Gasteiger partial charge in [0.2, 0.25) is 0 Å². The predicted octanol–water partition coefficient (Wildman–Crippen LogP) is 0.850. The monoisotopic (exact) mass is 224 g/mol. The minimum absolute atomic E-state index is 0.0673. The number of aliphatic hydroxyl groups excluding tert-OH is 1. The lowest BCUT2D eigenvalue weighted by molar-refractivity contribution is -0.0809. The van der Waals surface area contributed by atoms with Gasteiger partial charge in [0, 0.05) is 12.1 Å². The fourth-order valence-electron chi connectivity index (χ4n) is 5.14. The molecule has 0 aromatic carbocycles. The quantitative estimate of drug-likeness (QED) is 0.665. The third-order valence-corrected chi connectivity index (χ3v) is 5.45. The largest absolute Gasteiger partial charge is 0.395 e. The van der Waals surface area contributed by atoms with Crippen LogP contribution in [0.2, 0.25) is 0 Å². The Bertz CT molecular complexity index is 267. The summed E-state index contributed by atoms with van der Waals surface area (Å²) in [6, 6.07) is 0.278. The number of hydrogen-bond acceptors (Lipinski definition) is 3. The second-order valence-corrected chi connectivity index (χ2v) is 6.64. The van der Waals surface area contributed by atoms with Crippen molar-refractivity contribution in [1.82, 2.24) is 0 Å². The van der Waals surface area contributed by atoms with Gasteiger partial charge in [-0.25, -0.2) is 0 Å². The SMILES string of the molecule is NC(CO)CC12CC3CC(CC(C3)C1N)C2. The van der Waals surface area contributed by atoms with Crippen LogP contribution in [0.1, 0.15) is 38.5 Å². The van der Waals surface area contributed by atoms with Gasteiger partial charge in [-0.1, -0.05) is 0 Å². The van der Waals surface area contributed by atoms with Crippen molar-refractivity contribution in [3.8, 4) is 0 Å². The van der Waals surface area contributed by atoms with E-state index in [0.717, 1.165) is 24.2 Å². The minimum atomic E-state index is -0.0673. The topological polar surface area (TPSA) is 72.3 Å². The van der Waals surface area contributed by atoms with E-state index in [1.54, 1.807) is 0 Å². The summed E-state index contributed by atoms with van der Waals surface area (Å²) in [5.41, 5.74) is 12.7. The maximum atomic E-state index is 9.16. The maximum absolute atomic E-state index is 9.16. The summed E-state index contributed by atoms with van der Waals surface area (Å²) in [7, 11) is 0. The summed E-state index contributed by atoms with van der Waals surface area (Å²) in [5, 5.41) is 9.16. The number of aliphatic hydroxyl groups is 1. The molecule has 4 aliphatic carbocycles. The Morgan fingerprint density at radius 1 is 1.19 bits per heavy atom. The van der Waals surface area contributed by atoms with Crippen LogP contribution in [0.5, 0.6) is 0 Å². The summed E-state index contributed by atoms with van der Waals surface area (Å²) in [6.07, 6.45) is 7.62. The van der Waals surface area contributed by atoms with Crippen LogP contribution in [0.25, 0.3) is 0 Å². The van der Waals surface area contributed by atoms with Gasteiger partial charge >= 0.3 is 0 Å². The van der Waals surface area contributed by atoms with Crippen molar-refractivity contribution >= 4 is 0 Å². The van der Waals surface area contributed by atoms with Gasteiger partial charge in [-0.15, -0.1) is 0 Å². The molecule has 0 amide bonds. The molecule has 4 rings (SSSR count). The van der Waals surface area contributed by atoms with Gasteiger partial charge < -0.3 is 16.6 Å². The van der Waals surface area contributed by atoms with Crippen molar-refractivity contribution in [1.29, 1.82) is 0 Å². The third kappa shape index (κ3) is 1.52. The number of rotatable bonds is 3. The first kappa shape index (κ1) is 11.0. The molecule has 5 N–H and O–H groups in total. The molecule has 0 radical (unpaired) electrons. The highest BCUT2D eigenvalue weighted by molar-refractivity contribution is 5.08. The zero-order valence-corrected chi connectivity index (χ0v) is 9.94. The van der Waals surface area contributed by atoms with Crippen molar-refractivity contribution in [2.45, 2.75) is 50.6 Å². The van der Waals surface area contributed by atoms with E-state index >= 15 is 0 Å². The van der Waals surface area contributed by atoms with E-state index in [1.165, 1.54) is 32.1 Å². The first-order valence-electron chi connectivity index (χ1n) is 6.75. The molecule has 0 heterocycles.